The average molecular weight is 487 g/mol. The van der Waals surface area contributed by atoms with Gasteiger partial charge in [0.05, 0.1) is 12.3 Å². The first kappa shape index (κ1) is 25.6. The van der Waals surface area contributed by atoms with Crippen LogP contribution in [0.3, 0.4) is 0 Å². The molecule has 2 aliphatic heterocycles. The lowest BCUT2D eigenvalue weighted by atomic mass is 9.91. The van der Waals surface area contributed by atoms with E-state index in [4.69, 9.17) is 18.7 Å². The third-order valence-electron chi connectivity index (χ3n) is 6.83. The number of aromatic nitrogens is 1. The van der Waals surface area contributed by atoms with Crippen molar-refractivity contribution in [2.45, 2.75) is 90.6 Å². The van der Waals surface area contributed by atoms with Crippen molar-refractivity contribution in [2.24, 2.45) is 5.92 Å². The molecule has 0 spiro atoms. The van der Waals surface area contributed by atoms with E-state index in [0.29, 0.717) is 24.5 Å². The summed E-state index contributed by atoms with van der Waals surface area (Å²) in [4.78, 5) is 25.4. The van der Waals surface area contributed by atoms with E-state index >= 15 is 0 Å². The molecule has 2 aliphatic rings. The maximum atomic E-state index is 12.3. The first-order chi connectivity index (χ1) is 16.8. The summed E-state index contributed by atoms with van der Waals surface area (Å²) >= 11 is 0. The summed E-state index contributed by atoms with van der Waals surface area (Å²) < 4.78 is 23.0. The van der Waals surface area contributed by atoms with E-state index in [-0.39, 0.29) is 12.4 Å². The lowest BCUT2D eigenvalue weighted by Gasteiger charge is -2.33. The molecule has 0 bridgehead atoms. The minimum absolute atomic E-state index is 0.211. The Hall–Kier alpha value is -2.45. The zero-order valence-corrected chi connectivity index (χ0v) is 21.2. The Kier molecular flexibility index (Phi) is 8.44. The van der Waals surface area contributed by atoms with Crippen molar-refractivity contribution >= 4 is 23.3 Å². The minimum atomic E-state index is -0.471. The Morgan fingerprint density at radius 2 is 2.00 bits per heavy atom. The number of hydrogen-bond acceptors (Lipinski definition) is 7. The maximum absolute atomic E-state index is 12.3. The van der Waals surface area contributed by atoms with Crippen molar-refractivity contribution in [3.8, 4) is 0 Å². The van der Waals surface area contributed by atoms with E-state index in [1.54, 1.807) is 0 Å². The number of carbonyl (C=O) groups excluding carboxylic acids is 2. The molecule has 4 rings (SSSR count). The fourth-order valence-electron chi connectivity index (χ4n) is 4.86. The summed E-state index contributed by atoms with van der Waals surface area (Å²) in [6.07, 6.45) is 7.54. The SMILES string of the molecule is CC(C)(C)OC(=O)N1CCC(CCc2noc3c(COC4CCCCO4)c(CC=O)ccc23)CC1. The lowest BCUT2D eigenvalue weighted by Crippen LogP contribution is -2.41. The normalized spacial score (nSPS) is 19.7. The van der Waals surface area contributed by atoms with Crippen LogP contribution in [0, 0.1) is 5.92 Å². The molecule has 192 valence electrons. The van der Waals surface area contributed by atoms with Crippen LogP contribution in [0.5, 0.6) is 0 Å². The van der Waals surface area contributed by atoms with E-state index in [9.17, 15) is 9.59 Å². The highest BCUT2D eigenvalue weighted by molar-refractivity contribution is 5.84. The number of aldehydes is 1. The van der Waals surface area contributed by atoms with Gasteiger partial charge in [-0.05, 0) is 83.3 Å². The van der Waals surface area contributed by atoms with Crippen molar-refractivity contribution < 1.29 is 28.3 Å². The molecular weight excluding hydrogens is 448 g/mol. The highest BCUT2D eigenvalue weighted by Gasteiger charge is 2.27. The number of benzene rings is 1. The number of hydrogen-bond donors (Lipinski definition) is 0. The molecule has 0 N–H and O–H groups in total. The molecule has 1 amide bonds. The van der Waals surface area contributed by atoms with E-state index in [1.165, 1.54) is 0 Å². The molecule has 3 heterocycles. The summed E-state index contributed by atoms with van der Waals surface area (Å²) in [5.74, 6) is 0.529. The molecule has 0 radical (unpaired) electrons. The van der Waals surface area contributed by atoms with Crippen LogP contribution in [0.15, 0.2) is 16.7 Å². The molecule has 1 unspecified atom stereocenters. The molecule has 35 heavy (non-hydrogen) atoms. The molecule has 1 atom stereocenters. The van der Waals surface area contributed by atoms with Crippen molar-refractivity contribution in [2.75, 3.05) is 19.7 Å². The zero-order chi connectivity index (χ0) is 24.8. The van der Waals surface area contributed by atoms with Gasteiger partial charge in [0.1, 0.15) is 11.9 Å². The Balaban J connectivity index is 1.37. The van der Waals surface area contributed by atoms with Crippen LogP contribution in [0.2, 0.25) is 0 Å². The Labute approximate surface area is 207 Å². The third kappa shape index (κ3) is 6.82. The molecule has 1 aromatic heterocycles. The number of piperidine rings is 1. The van der Waals surface area contributed by atoms with Crippen LogP contribution < -0.4 is 0 Å². The summed E-state index contributed by atoms with van der Waals surface area (Å²) in [5.41, 5.74) is 2.95. The van der Waals surface area contributed by atoms with Gasteiger partial charge in [-0.1, -0.05) is 11.2 Å². The highest BCUT2D eigenvalue weighted by Crippen LogP contribution is 2.30. The Morgan fingerprint density at radius 3 is 2.69 bits per heavy atom. The third-order valence-corrected chi connectivity index (χ3v) is 6.83. The van der Waals surface area contributed by atoms with Crippen molar-refractivity contribution in [1.29, 1.82) is 0 Å². The van der Waals surface area contributed by atoms with Crippen LogP contribution in [0.4, 0.5) is 4.79 Å². The predicted molar refractivity (Wildman–Crippen MR) is 131 cm³/mol. The number of aryl methyl sites for hydroxylation is 1. The Bertz CT molecular complexity index is 997. The van der Waals surface area contributed by atoms with Gasteiger partial charge in [0.15, 0.2) is 11.9 Å². The van der Waals surface area contributed by atoms with Gasteiger partial charge >= 0.3 is 6.09 Å². The molecule has 1 aromatic carbocycles. The molecule has 0 aliphatic carbocycles. The number of nitrogens with zero attached hydrogens (tertiary/aromatic N) is 2. The second-order valence-electron chi connectivity index (χ2n) is 10.6. The van der Waals surface area contributed by atoms with Gasteiger partial charge in [0, 0.05) is 37.1 Å². The molecule has 2 fully saturated rings. The van der Waals surface area contributed by atoms with E-state index < -0.39 is 5.60 Å². The highest BCUT2D eigenvalue weighted by atomic mass is 16.7. The number of likely N-dealkylation sites (tertiary alicyclic amines) is 1. The van der Waals surface area contributed by atoms with Crippen LogP contribution >= 0.6 is 0 Å². The number of rotatable bonds is 8. The summed E-state index contributed by atoms with van der Waals surface area (Å²) in [6, 6.07) is 3.99. The molecular formula is C27H38N2O6. The number of fused-ring (bicyclic) bond motifs is 1. The van der Waals surface area contributed by atoms with Gasteiger partial charge in [-0.25, -0.2) is 4.79 Å². The largest absolute Gasteiger partial charge is 0.444 e. The zero-order valence-electron chi connectivity index (χ0n) is 21.2. The van der Waals surface area contributed by atoms with Crippen LogP contribution in [0.1, 0.15) is 76.1 Å². The number of ether oxygens (including phenoxy) is 3. The predicted octanol–water partition coefficient (Wildman–Crippen LogP) is 5.19. The van der Waals surface area contributed by atoms with Gasteiger partial charge < -0.3 is 28.4 Å². The van der Waals surface area contributed by atoms with Gasteiger partial charge in [0.2, 0.25) is 0 Å². The summed E-state index contributed by atoms with van der Waals surface area (Å²) in [6.45, 7) is 8.18. The minimum Gasteiger partial charge on any atom is -0.444 e. The van der Waals surface area contributed by atoms with E-state index in [0.717, 1.165) is 93.1 Å². The van der Waals surface area contributed by atoms with Crippen molar-refractivity contribution in [3.63, 3.8) is 0 Å². The van der Waals surface area contributed by atoms with Crippen LogP contribution in [-0.4, -0.2) is 54.0 Å². The number of carbonyl (C=O) groups is 2. The summed E-state index contributed by atoms with van der Waals surface area (Å²) in [5, 5.41) is 5.37. The smallest absolute Gasteiger partial charge is 0.410 e. The topological polar surface area (TPSA) is 91.1 Å². The lowest BCUT2D eigenvalue weighted by molar-refractivity contribution is -0.168. The van der Waals surface area contributed by atoms with Gasteiger partial charge in [0.25, 0.3) is 0 Å². The van der Waals surface area contributed by atoms with Crippen molar-refractivity contribution in [3.05, 3.63) is 29.0 Å². The molecule has 2 aromatic rings. The average Bonchev–Trinajstić information content (AvgIpc) is 3.25. The van der Waals surface area contributed by atoms with E-state index in [2.05, 4.69) is 5.16 Å². The molecule has 8 heteroatoms. The monoisotopic (exact) mass is 486 g/mol. The van der Waals surface area contributed by atoms with Gasteiger partial charge in [-0.15, -0.1) is 0 Å². The summed E-state index contributed by atoms with van der Waals surface area (Å²) in [7, 11) is 0. The van der Waals surface area contributed by atoms with Gasteiger partial charge in [-0.2, -0.15) is 0 Å². The standard InChI is InChI=1S/C27H38N2O6/c1-27(2,3)34-26(31)29-14-11-19(12-15-29)7-10-23-21-9-8-20(13-16-30)22(25(21)35-28-23)18-33-24-6-4-5-17-32-24/h8-9,16,19,24H,4-7,10-15,17-18H2,1-3H3. The quantitative estimate of drug-likeness (QED) is 0.474. The fraction of sp³-hybridized carbons (Fsp3) is 0.667. The van der Waals surface area contributed by atoms with Crippen molar-refractivity contribution in [1.82, 2.24) is 10.1 Å². The second kappa shape index (κ2) is 11.5. The molecule has 8 nitrogen and oxygen atoms in total. The van der Waals surface area contributed by atoms with Crippen LogP contribution in [-0.2, 0) is 38.5 Å². The van der Waals surface area contributed by atoms with Crippen LogP contribution in [0.25, 0.3) is 11.0 Å². The fourth-order valence-corrected chi connectivity index (χ4v) is 4.86. The van der Waals surface area contributed by atoms with E-state index in [1.807, 2.05) is 37.8 Å². The maximum Gasteiger partial charge on any atom is 0.410 e. The van der Waals surface area contributed by atoms with Gasteiger partial charge in [-0.3, -0.25) is 0 Å². The first-order valence-corrected chi connectivity index (χ1v) is 12.9. The molecule has 2 saturated heterocycles. The molecule has 0 saturated carbocycles. The second-order valence-corrected chi connectivity index (χ2v) is 10.6. The Morgan fingerprint density at radius 1 is 1.20 bits per heavy atom. The number of amides is 1. The first-order valence-electron chi connectivity index (χ1n) is 12.9.